The van der Waals surface area contributed by atoms with Crippen molar-refractivity contribution in [1.82, 2.24) is 15.5 Å². The van der Waals surface area contributed by atoms with E-state index in [-0.39, 0.29) is 24.0 Å². The lowest BCUT2D eigenvalue weighted by Gasteiger charge is -2.35. The van der Waals surface area contributed by atoms with Crippen molar-refractivity contribution >= 4 is 29.9 Å². The van der Waals surface area contributed by atoms with Crippen LogP contribution in [0.5, 0.6) is 0 Å². The molecule has 0 bridgehead atoms. The van der Waals surface area contributed by atoms with E-state index in [4.69, 9.17) is 4.74 Å². The fourth-order valence-corrected chi connectivity index (χ4v) is 2.46. The van der Waals surface area contributed by atoms with Crippen LogP contribution in [0.4, 0.5) is 0 Å². The molecule has 5 nitrogen and oxygen atoms in total. The number of ether oxygens (including phenoxy) is 1. The predicted molar refractivity (Wildman–Crippen MR) is 96.1 cm³/mol. The maximum absolute atomic E-state index is 5.74. The molecule has 2 unspecified atom stereocenters. The summed E-state index contributed by atoms with van der Waals surface area (Å²) in [6, 6.07) is 0. The Morgan fingerprint density at radius 2 is 1.70 bits per heavy atom. The Balaban J connectivity index is 0.00000361. The first kappa shape index (κ1) is 19.9. The SMILES string of the molecule is CCNC(=NCCCN1CC(C)OC(C)C1)NCC.I. The monoisotopic (exact) mass is 398 g/mol. The summed E-state index contributed by atoms with van der Waals surface area (Å²) in [7, 11) is 0. The maximum atomic E-state index is 5.74. The Labute approximate surface area is 140 Å². The Hall–Kier alpha value is -0.0800. The quantitative estimate of drug-likeness (QED) is 0.309. The number of morpholine rings is 1. The molecule has 0 aromatic heterocycles. The van der Waals surface area contributed by atoms with Gasteiger partial charge in [-0.05, 0) is 34.1 Å². The van der Waals surface area contributed by atoms with Gasteiger partial charge in [0.2, 0.25) is 0 Å². The molecule has 0 radical (unpaired) electrons. The molecule has 0 aliphatic carbocycles. The second-order valence-corrected chi connectivity index (χ2v) is 5.16. The number of hydrogen-bond acceptors (Lipinski definition) is 3. The first-order valence-corrected chi connectivity index (χ1v) is 7.55. The van der Waals surface area contributed by atoms with Crippen molar-refractivity contribution in [3.8, 4) is 0 Å². The molecule has 120 valence electrons. The average Bonchev–Trinajstić information content (AvgIpc) is 2.34. The van der Waals surface area contributed by atoms with Crippen molar-refractivity contribution in [2.24, 2.45) is 4.99 Å². The minimum absolute atomic E-state index is 0. The molecule has 1 heterocycles. The molecule has 20 heavy (non-hydrogen) atoms. The van der Waals surface area contributed by atoms with E-state index in [9.17, 15) is 0 Å². The highest BCUT2D eigenvalue weighted by Crippen LogP contribution is 2.10. The molecule has 6 heteroatoms. The molecule has 2 N–H and O–H groups in total. The molecule has 0 aromatic carbocycles. The highest BCUT2D eigenvalue weighted by atomic mass is 127. The average molecular weight is 398 g/mol. The largest absolute Gasteiger partial charge is 0.373 e. The van der Waals surface area contributed by atoms with Gasteiger partial charge in [0.05, 0.1) is 12.2 Å². The van der Waals surface area contributed by atoms with Gasteiger partial charge in [0, 0.05) is 39.3 Å². The van der Waals surface area contributed by atoms with Crippen molar-refractivity contribution in [3.63, 3.8) is 0 Å². The van der Waals surface area contributed by atoms with Gasteiger partial charge in [-0.3, -0.25) is 9.89 Å². The van der Waals surface area contributed by atoms with E-state index in [1.165, 1.54) is 0 Å². The molecule has 0 spiro atoms. The lowest BCUT2D eigenvalue weighted by atomic mass is 10.2. The van der Waals surface area contributed by atoms with Gasteiger partial charge in [0.1, 0.15) is 0 Å². The lowest BCUT2D eigenvalue weighted by Crippen LogP contribution is -2.45. The van der Waals surface area contributed by atoms with Gasteiger partial charge in [-0.25, -0.2) is 0 Å². The van der Waals surface area contributed by atoms with Crippen molar-refractivity contribution < 1.29 is 4.74 Å². The van der Waals surface area contributed by atoms with E-state index >= 15 is 0 Å². The van der Waals surface area contributed by atoms with Crippen molar-refractivity contribution in [2.45, 2.75) is 46.3 Å². The molecule has 0 amide bonds. The molecule has 1 fully saturated rings. The number of aliphatic imine (C=N–C) groups is 1. The summed E-state index contributed by atoms with van der Waals surface area (Å²) >= 11 is 0. The van der Waals surface area contributed by atoms with Crippen LogP contribution in [0.15, 0.2) is 4.99 Å². The topological polar surface area (TPSA) is 48.9 Å². The zero-order valence-electron chi connectivity index (χ0n) is 13.3. The standard InChI is InChI=1S/C14H30N4O.HI/c1-5-15-14(16-6-2)17-8-7-9-18-10-12(3)19-13(4)11-18;/h12-13H,5-11H2,1-4H3,(H2,15,16,17);1H. The van der Waals surface area contributed by atoms with E-state index in [0.29, 0.717) is 12.2 Å². The summed E-state index contributed by atoms with van der Waals surface area (Å²) in [5, 5.41) is 6.48. The molecule has 1 saturated heterocycles. The van der Waals surface area contributed by atoms with Crippen LogP contribution in [-0.4, -0.2) is 62.3 Å². The van der Waals surface area contributed by atoms with Crippen LogP contribution in [-0.2, 0) is 4.74 Å². The first-order valence-electron chi connectivity index (χ1n) is 7.55. The van der Waals surface area contributed by atoms with E-state index in [1.54, 1.807) is 0 Å². The minimum atomic E-state index is 0. The number of nitrogens with zero attached hydrogens (tertiary/aromatic N) is 2. The Kier molecular flexibility index (Phi) is 11.5. The van der Waals surface area contributed by atoms with Gasteiger partial charge >= 0.3 is 0 Å². The zero-order chi connectivity index (χ0) is 14.1. The summed E-state index contributed by atoms with van der Waals surface area (Å²) in [4.78, 5) is 7.04. The van der Waals surface area contributed by atoms with Crippen molar-refractivity contribution in [3.05, 3.63) is 0 Å². The van der Waals surface area contributed by atoms with E-state index in [1.807, 2.05) is 0 Å². The van der Waals surface area contributed by atoms with Crippen LogP contribution in [0.2, 0.25) is 0 Å². The van der Waals surface area contributed by atoms with Gasteiger partial charge in [-0.2, -0.15) is 0 Å². The third-order valence-electron chi connectivity index (χ3n) is 3.09. The highest BCUT2D eigenvalue weighted by molar-refractivity contribution is 14.0. The maximum Gasteiger partial charge on any atom is 0.191 e. The molecule has 1 aliphatic rings. The molecule has 0 aromatic rings. The van der Waals surface area contributed by atoms with E-state index in [2.05, 4.69) is 48.2 Å². The Bertz CT molecular complexity index is 258. The number of hydrogen-bond donors (Lipinski definition) is 2. The van der Waals surface area contributed by atoms with Gasteiger partial charge in [-0.1, -0.05) is 0 Å². The summed E-state index contributed by atoms with van der Waals surface area (Å²) in [5.74, 6) is 0.925. The number of nitrogens with one attached hydrogen (secondary N) is 2. The Morgan fingerprint density at radius 3 is 2.20 bits per heavy atom. The predicted octanol–water partition coefficient (Wildman–Crippen LogP) is 1.68. The molecular weight excluding hydrogens is 367 g/mol. The third kappa shape index (κ3) is 8.26. The summed E-state index contributed by atoms with van der Waals surface area (Å²) in [6.07, 6.45) is 1.80. The minimum Gasteiger partial charge on any atom is -0.373 e. The van der Waals surface area contributed by atoms with Crippen LogP contribution in [0.1, 0.15) is 34.1 Å². The summed E-state index contributed by atoms with van der Waals surface area (Å²) in [6.45, 7) is 14.3. The van der Waals surface area contributed by atoms with E-state index < -0.39 is 0 Å². The van der Waals surface area contributed by atoms with Crippen LogP contribution in [0.3, 0.4) is 0 Å². The van der Waals surface area contributed by atoms with Gasteiger partial charge in [-0.15, -0.1) is 24.0 Å². The highest BCUT2D eigenvalue weighted by Gasteiger charge is 2.21. The van der Waals surface area contributed by atoms with Crippen LogP contribution in [0, 0.1) is 0 Å². The fourth-order valence-electron chi connectivity index (χ4n) is 2.46. The summed E-state index contributed by atoms with van der Waals surface area (Å²) < 4.78 is 5.74. The number of guanidine groups is 1. The normalized spacial score (nSPS) is 22.8. The van der Waals surface area contributed by atoms with E-state index in [0.717, 1.165) is 51.6 Å². The molecular formula is C14H31IN4O. The number of rotatable bonds is 6. The van der Waals surface area contributed by atoms with Crippen molar-refractivity contribution in [1.29, 1.82) is 0 Å². The van der Waals surface area contributed by atoms with Gasteiger partial charge in [0.25, 0.3) is 0 Å². The van der Waals surface area contributed by atoms with Gasteiger partial charge in [0.15, 0.2) is 5.96 Å². The third-order valence-corrected chi connectivity index (χ3v) is 3.09. The summed E-state index contributed by atoms with van der Waals surface area (Å²) in [5.41, 5.74) is 0. The smallest absolute Gasteiger partial charge is 0.191 e. The second-order valence-electron chi connectivity index (χ2n) is 5.16. The van der Waals surface area contributed by atoms with Crippen LogP contribution in [0.25, 0.3) is 0 Å². The zero-order valence-corrected chi connectivity index (χ0v) is 15.6. The molecule has 0 saturated carbocycles. The second kappa shape index (κ2) is 11.6. The van der Waals surface area contributed by atoms with Gasteiger partial charge < -0.3 is 15.4 Å². The molecule has 2 atom stereocenters. The molecule has 1 aliphatic heterocycles. The molecule has 1 rings (SSSR count). The number of halogens is 1. The van der Waals surface area contributed by atoms with Crippen molar-refractivity contribution in [2.75, 3.05) is 39.3 Å². The van der Waals surface area contributed by atoms with Crippen LogP contribution < -0.4 is 10.6 Å². The lowest BCUT2D eigenvalue weighted by molar-refractivity contribution is -0.0679. The fraction of sp³-hybridized carbons (Fsp3) is 0.929. The Morgan fingerprint density at radius 1 is 1.15 bits per heavy atom. The first-order chi connectivity index (χ1) is 9.15. The van der Waals surface area contributed by atoms with Crippen LogP contribution >= 0.6 is 24.0 Å².